The van der Waals surface area contributed by atoms with Crippen LogP contribution in [0.5, 0.6) is 0 Å². The molecule has 0 saturated carbocycles. The molecule has 2 rings (SSSR count). The summed E-state index contributed by atoms with van der Waals surface area (Å²) in [5.74, 6) is -1.51. The highest BCUT2D eigenvalue weighted by Crippen LogP contribution is 2.16. The van der Waals surface area contributed by atoms with Gasteiger partial charge < -0.3 is 0 Å². The van der Waals surface area contributed by atoms with E-state index in [9.17, 15) is 8.78 Å². The van der Waals surface area contributed by atoms with Crippen molar-refractivity contribution in [2.75, 3.05) is 0 Å². The summed E-state index contributed by atoms with van der Waals surface area (Å²) in [5, 5.41) is 12.1. The van der Waals surface area contributed by atoms with Crippen LogP contribution in [0.1, 0.15) is 5.56 Å². The van der Waals surface area contributed by atoms with Crippen LogP contribution in [0, 0.1) is 23.0 Å². The zero-order valence-electron chi connectivity index (χ0n) is 7.35. The van der Waals surface area contributed by atoms with Crippen LogP contribution < -0.4 is 0 Å². The van der Waals surface area contributed by atoms with Crippen LogP contribution in [0.4, 0.5) is 8.78 Å². The van der Waals surface area contributed by atoms with E-state index >= 15 is 0 Å². The van der Waals surface area contributed by atoms with E-state index < -0.39 is 11.6 Å². The standard InChI is InChI=1S/C9H4F2N4/c10-7-2-9(15-5-13-4-14-15)8(11)1-6(7)3-12/h1-2,4-5H. The van der Waals surface area contributed by atoms with Gasteiger partial charge in [-0.3, -0.25) is 0 Å². The number of halogens is 2. The molecule has 4 nitrogen and oxygen atoms in total. The molecule has 15 heavy (non-hydrogen) atoms. The molecule has 0 N–H and O–H groups in total. The minimum Gasteiger partial charge on any atom is -0.223 e. The topological polar surface area (TPSA) is 54.5 Å². The molecule has 0 atom stereocenters. The van der Waals surface area contributed by atoms with E-state index in [-0.39, 0.29) is 11.3 Å². The predicted octanol–water partition coefficient (Wildman–Crippen LogP) is 1.42. The highest BCUT2D eigenvalue weighted by Gasteiger charge is 2.11. The molecule has 0 fully saturated rings. The van der Waals surface area contributed by atoms with E-state index in [0.717, 1.165) is 16.8 Å². The van der Waals surface area contributed by atoms with Crippen LogP contribution in [0.15, 0.2) is 24.8 Å². The first kappa shape index (κ1) is 9.27. The molecule has 0 aliphatic heterocycles. The fraction of sp³-hybridized carbons (Fsp3) is 0. The lowest BCUT2D eigenvalue weighted by Crippen LogP contribution is -2.00. The summed E-state index contributed by atoms with van der Waals surface area (Å²) in [6, 6.07) is 3.28. The Morgan fingerprint density at radius 3 is 2.67 bits per heavy atom. The summed E-state index contributed by atoms with van der Waals surface area (Å²) in [6.07, 6.45) is 2.44. The molecule has 0 spiro atoms. The Bertz CT molecular complexity index is 528. The van der Waals surface area contributed by atoms with Crippen molar-refractivity contribution in [2.45, 2.75) is 0 Å². The zero-order valence-corrected chi connectivity index (χ0v) is 7.35. The molecule has 0 bridgehead atoms. The van der Waals surface area contributed by atoms with E-state index in [0.29, 0.717) is 0 Å². The first-order valence-corrected chi connectivity index (χ1v) is 3.96. The number of nitrogens with zero attached hydrogens (tertiary/aromatic N) is 4. The minimum atomic E-state index is -0.788. The van der Waals surface area contributed by atoms with Gasteiger partial charge in [0, 0.05) is 6.07 Å². The van der Waals surface area contributed by atoms with Gasteiger partial charge in [-0.2, -0.15) is 10.4 Å². The van der Waals surface area contributed by atoms with E-state index in [1.54, 1.807) is 6.07 Å². The van der Waals surface area contributed by atoms with Gasteiger partial charge in [0.1, 0.15) is 36.0 Å². The molecule has 0 amide bonds. The van der Waals surface area contributed by atoms with Gasteiger partial charge in [-0.15, -0.1) is 0 Å². The normalized spacial score (nSPS) is 9.93. The average Bonchev–Trinajstić information content (AvgIpc) is 2.74. The van der Waals surface area contributed by atoms with Crippen molar-refractivity contribution in [3.63, 3.8) is 0 Å². The fourth-order valence-electron chi connectivity index (χ4n) is 1.13. The second-order valence-electron chi connectivity index (χ2n) is 2.74. The van der Waals surface area contributed by atoms with Crippen LogP contribution in [-0.4, -0.2) is 14.8 Å². The lowest BCUT2D eigenvalue weighted by Gasteiger charge is -2.03. The SMILES string of the molecule is N#Cc1cc(F)c(-n2cncn2)cc1F. The molecule has 74 valence electrons. The van der Waals surface area contributed by atoms with Gasteiger partial charge in [0.05, 0.1) is 5.56 Å². The van der Waals surface area contributed by atoms with Crippen molar-refractivity contribution in [3.05, 3.63) is 42.0 Å². The van der Waals surface area contributed by atoms with Crippen LogP contribution in [-0.2, 0) is 0 Å². The smallest absolute Gasteiger partial charge is 0.150 e. The van der Waals surface area contributed by atoms with Crippen molar-refractivity contribution in [3.8, 4) is 11.8 Å². The third-order valence-electron chi connectivity index (χ3n) is 1.82. The summed E-state index contributed by atoms with van der Waals surface area (Å²) in [6.45, 7) is 0. The maximum Gasteiger partial charge on any atom is 0.150 e. The maximum absolute atomic E-state index is 13.4. The molecule has 0 radical (unpaired) electrons. The van der Waals surface area contributed by atoms with Crippen LogP contribution in [0.3, 0.4) is 0 Å². The van der Waals surface area contributed by atoms with Crippen molar-refractivity contribution in [1.29, 1.82) is 5.26 Å². The molecule has 0 saturated heterocycles. The van der Waals surface area contributed by atoms with Crippen LogP contribution in [0.25, 0.3) is 5.69 Å². The number of hydrogen-bond acceptors (Lipinski definition) is 3. The highest BCUT2D eigenvalue weighted by atomic mass is 19.1. The average molecular weight is 206 g/mol. The summed E-state index contributed by atoms with van der Waals surface area (Å²) < 4.78 is 27.6. The largest absolute Gasteiger partial charge is 0.223 e. The van der Waals surface area contributed by atoms with Crippen molar-refractivity contribution in [2.24, 2.45) is 0 Å². The summed E-state index contributed by atoms with van der Waals surface area (Å²) in [4.78, 5) is 3.61. The maximum atomic E-state index is 13.4. The molecule has 2 aromatic rings. The van der Waals surface area contributed by atoms with Gasteiger partial charge in [0.15, 0.2) is 0 Å². The van der Waals surface area contributed by atoms with Crippen molar-refractivity contribution >= 4 is 0 Å². The second kappa shape index (κ2) is 3.46. The Morgan fingerprint density at radius 1 is 1.27 bits per heavy atom. The third-order valence-corrected chi connectivity index (χ3v) is 1.82. The molecule has 1 aromatic heterocycles. The molecule has 0 unspecified atom stereocenters. The van der Waals surface area contributed by atoms with E-state index in [1.165, 1.54) is 12.7 Å². The van der Waals surface area contributed by atoms with Gasteiger partial charge in [-0.05, 0) is 6.07 Å². The first-order chi connectivity index (χ1) is 7.22. The Morgan fingerprint density at radius 2 is 2.07 bits per heavy atom. The monoisotopic (exact) mass is 206 g/mol. The Labute approximate surface area is 83.4 Å². The molecule has 1 heterocycles. The zero-order chi connectivity index (χ0) is 10.8. The number of rotatable bonds is 1. The number of nitriles is 1. The van der Waals surface area contributed by atoms with Crippen LogP contribution >= 0.6 is 0 Å². The lowest BCUT2D eigenvalue weighted by molar-refractivity contribution is 0.584. The van der Waals surface area contributed by atoms with E-state index in [2.05, 4.69) is 10.1 Å². The van der Waals surface area contributed by atoms with Gasteiger partial charge in [-0.25, -0.2) is 18.4 Å². The third kappa shape index (κ3) is 1.55. The minimum absolute atomic E-state index is 0.0796. The van der Waals surface area contributed by atoms with Crippen molar-refractivity contribution < 1.29 is 8.78 Å². The predicted molar refractivity (Wildman–Crippen MR) is 46.0 cm³/mol. The molecular formula is C9H4F2N4. The summed E-state index contributed by atoms with van der Waals surface area (Å²) >= 11 is 0. The number of hydrogen-bond donors (Lipinski definition) is 0. The summed E-state index contributed by atoms with van der Waals surface area (Å²) in [5.41, 5.74) is -0.416. The van der Waals surface area contributed by atoms with Gasteiger partial charge in [0.2, 0.25) is 0 Å². The molecule has 1 aromatic carbocycles. The van der Waals surface area contributed by atoms with Gasteiger partial charge >= 0.3 is 0 Å². The highest BCUT2D eigenvalue weighted by molar-refractivity contribution is 5.41. The first-order valence-electron chi connectivity index (χ1n) is 3.96. The van der Waals surface area contributed by atoms with Crippen LogP contribution in [0.2, 0.25) is 0 Å². The molecule has 0 aliphatic rings. The quantitative estimate of drug-likeness (QED) is 0.708. The molecular weight excluding hydrogens is 202 g/mol. The van der Waals surface area contributed by atoms with Gasteiger partial charge in [-0.1, -0.05) is 0 Å². The number of aromatic nitrogens is 3. The van der Waals surface area contributed by atoms with Crippen molar-refractivity contribution in [1.82, 2.24) is 14.8 Å². The molecule has 6 heteroatoms. The Balaban J connectivity index is 2.61. The van der Waals surface area contributed by atoms with Gasteiger partial charge in [0.25, 0.3) is 0 Å². The lowest BCUT2D eigenvalue weighted by atomic mass is 10.2. The summed E-state index contributed by atoms with van der Waals surface area (Å²) in [7, 11) is 0. The van der Waals surface area contributed by atoms with E-state index in [1.807, 2.05) is 0 Å². The number of benzene rings is 1. The Kier molecular flexibility index (Phi) is 2.14. The fourth-order valence-corrected chi connectivity index (χ4v) is 1.13. The Hall–Kier alpha value is -2.29. The molecule has 0 aliphatic carbocycles. The second-order valence-corrected chi connectivity index (χ2v) is 2.74. The van der Waals surface area contributed by atoms with E-state index in [4.69, 9.17) is 5.26 Å².